The molecule has 2 aliphatic carbocycles. The van der Waals surface area contributed by atoms with Gasteiger partial charge in [0.15, 0.2) is 17.3 Å². The SMILES string of the molecule is CC(=O)[C@]1(O)Cc2c(O)c3c(c(O)c2[C@](O)([C@H]2C[C@H](N)[C@@H](O)[C@@H](C)O2)C1)C(=O)c1ccccc1C3=O.Cl. The van der Waals surface area contributed by atoms with Gasteiger partial charge in [-0.1, -0.05) is 24.3 Å². The van der Waals surface area contributed by atoms with Gasteiger partial charge in [-0.15, -0.1) is 12.4 Å². The summed E-state index contributed by atoms with van der Waals surface area (Å²) < 4.78 is 5.84. The lowest BCUT2D eigenvalue weighted by molar-refractivity contribution is -0.212. The van der Waals surface area contributed by atoms with Gasteiger partial charge in [0.1, 0.15) is 22.7 Å². The second-order valence-corrected chi connectivity index (χ2v) is 10.1. The zero-order chi connectivity index (χ0) is 26.3. The highest BCUT2D eigenvalue weighted by Crippen LogP contribution is 2.55. The number of phenols is 2. The molecule has 1 saturated heterocycles. The Balaban J connectivity index is 0.00000320. The number of rotatable bonds is 2. The lowest BCUT2D eigenvalue weighted by atomic mass is 9.64. The van der Waals surface area contributed by atoms with Crippen molar-refractivity contribution < 1.29 is 44.7 Å². The molecule has 0 amide bonds. The highest BCUT2D eigenvalue weighted by atomic mass is 35.5. The molecule has 6 atom stereocenters. The monoisotopic (exact) mass is 533 g/mol. The van der Waals surface area contributed by atoms with Crippen molar-refractivity contribution >= 4 is 29.8 Å². The van der Waals surface area contributed by atoms with Gasteiger partial charge in [0.25, 0.3) is 0 Å². The Morgan fingerprint density at radius 3 is 2.11 bits per heavy atom. The summed E-state index contributed by atoms with van der Waals surface area (Å²) in [6.45, 7) is 2.65. The van der Waals surface area contributed by atoms with E-state index in [-0.39, 0.29) is 41.1 Å². The maximum absolute atomic E-state index is 13.4. The van der Waals surface area contributed by atoms with Crippen LogP contribution in [0.2, 0.25) is 0 Å². The van der Waals surface area contributed by atoms with E-state index in [0.29, 0.717) is 0 Å². The summed E-state index contributed by atoms with van der Waals surface area (Å²) in [6, 6.07) is 5.10. The number of benzene rings is 2. The first-order chi connectivity index (χ1) is 16.8. The smallest absolute Gasteiger partial charge is 0.198 e. The van der Waals surface area contributed by atoms with Crippen molar-refractivity contribution in [1.29, 1.82) is 0 Å². The van der Waals surface area contributed by atoms with E-state index in [4.69, 9.17) is 10.5 Å². The van der Waals surface area contributed by atoms with Gasteiger partial charge < -0.3 is 36.0 Å². The number of ketones is 3. The third-order valence-corrected chi connectivity index (χ3v) is 7.86. The molecule has 0 unspecified atom stereocenters. The number of Topliss-reactive ketones (excluding diaryl/α,β-unsaturated/α-hetero) is 1. The van der Waals surface area contributed by atoms with Crippen LogP contribution in [0.1, 0.15) is 69.7 Å². The standard InChI is InChI=1S/C26H27NO9.ClH/c1-10-20(29)15(27)7-16(36-10)26(35)9-25(34,11(2)28)8-14-19(26)24(33)18-17(23(14)32)21(30)12-5-3-4-6-13(12)22(18)31;/h3-6,10,15-16,20,29,32-35H,7-9,27H2,1-2H3;1H/t10-,15+,16-,20+,25+,26-;/m1./s1. The van der Waals surface area contributed by atoms with E-state index in [1.165, 1.54) is 19.1 Å². The van der Waals surface area contributed by atoms with Crippen molar-refractivity contribution in [2.24, 2.45) is 5.73 Å². The summed E-state index contributed by atoms with van der Waals surface area (Å²) in [7, 11) is 0. The predicted molar refractivity (Wildman–Crippen MR) is 131 cm³/mol. The lowest BCUT2D eigenvalue weighted by Gasteiger charge is -2.50. The van der Waals surface area contributed by atoms with Crippen LogP contribution < -0.4 is 5.73 Å². The van der Waals surface area contributed by atoms with Crippen molar-refractivity contribution in [3.8, 4) is 11.5 Å². The summed E-state index contributed by atoms with van der Waals surface area (Å²) in [5.41, 5.74) is 0.125. The maximum Gasteiger partial charge on any atom is 0.198 e. The molecule has 0 spiro atoms. The van der Waals surface area contributed by atoms with Crippen molar-refractivity contribution in [2.45, 2.75) is 68.7 Å². The number of carbonyl (C=O) groups excluding carboxylic acids is 3. The number of fused-ring (bicyclic) bond motifs is 3. The lowest BCUT2D eigenvalue weighted by Crippen LogP contribution is -2.61. The minimum atomic E-state index is -2.31. The first-order valence-corrected chi connectivity index (χ1v) is 11.7. The van der Waals surface area contributed by atoms with E-state index in [2.05, 4.69) is 0 Å². The largest absolute Gasteiger partial charge is 0.507 e. The van der Waals surface area contributed by atoms with Gasteiger partial charge in [-0.3, -0.25) is 14.4 Å². The van der Waals surface area contributed by atoms with E-state index >= 15 is 0 Å². The third kappa shape index (κ3) is 3.70. The van der Waals surface area contributed by atoms with Gasteiger partial charge in [-0.2, -0.15) is 0 Å². The molecule has 198 valence electrons. The van der Waals surface area contributed by atoms with Gasteiger partial charge >= 0.3 is 0 Å². The fraction of sp³-hybridized carbons (Fsp3) is 0.423. The van der Waals surface area contributed by atoms with Crippen LogP contribution >= 0.6 is 12.4 Å². The van der Waals surface area contributed by atoms with Crippen molar-refractivity contribution in [3.05, 3.63) is 57.6 Å². The molecule has 0 aromatic heterocycles. The Hall–Kier alpha value is -2.86. The number of carbonyl (C=O) groups is 3. The second-order valence-electron chi connectivity index (χ2n) is 10.1. The number of ether oxygens (including phenoxy) is 1. The second kappa shape index (κ2) is 8.87. The Morgan fingerprint density at radius 2 is 1.59 bits per heavy atom. The quantitative estimate of drug-likeness (QED) is 0.255. The third-order valence-electron chi connectivity index (χ3n) is 7.86. The van der Waals surface area contributed by atoms with Crippen LogP contribution in [0.5, 0.6) is 11.5 Å². The van der Waals surface area contributed by atoms with Crippen LogP contribution in [0, 0.1) is 0 Å². The van der Waals surface area contributed by atoms with E-state index in [0.717, 1.165) is 6.92 Å². The number of nitrogens with two attached hydrogens (primary N) is 1. The van der Waals surface area contributed by atoms with E-state index in [9.17, 15) is 39.9 Å². The summed E-state index contributed by atoms with van der Waals surface area (Å²) in [6.07, 6.45) is -4.41. The maximum atomic E-state index is 13.4. The molecule has 0 saturated carbocycles. The molecule has 1 fully saturated rings. The summed E-state index contributed by atoms with van der Waals surface area (Å²) >= 11 is 0. The van der Waals surface area contributed by atoms with Crippen LogP contribution in [0.4, 0.5) is 0 Å². The van der Waals surface area contributed by atoms with E-state index in [1.807, 2.05) is 0 Å². The molecule has 2 aromatic rings. The molecule has 0 bridgehead atoms. The van der Waals surface area contributed by atoms with E-state index < -0.39 is 88.4 Å². The Morgan fingerprint density at radius 1 is 1.05 bits per heavy atom. The van der Waals surface area contributed by atoms with Gasteiger partial charge in [0.05, 0.1) is 29.4 Å². The number of aliphatic hydroxyl groups is 3. The molecule has 7 N–H and O–H groups in total. The molecule has 1 heterocycles. The Labute approximate surface area is 218 Å². The van der Waals surface area contributed by atoms with Crippen molar-refractivity contribution in [3.63, 3.8) is 0 Å². The van der Waals surface area contributed by atoms with Crippen molar-refractivity contribution in [1.82, 2.24) is 0 Å². The number of aromatic hydroxyl groups is 2. The molecule has 2 aromatic carbocycles. The number of hydrogen-bond donors (Lipinski definition) is 6. The zero-order valence-electron chi connectivity index (χ0n) is 20.1. The fourth-order valence-electron chi connectivity index (χ4n) is 5.85. The van der Waals surface area contributed by atoms with Gasteiger partial charge in [-0.25, -0.2) is 0 Å². The number of aliphatic hydroxyl groups excluding tert-OH is 1. The fourth-order valence-corrected chi connectivity index (χ4v) is 5.85. The average molecular weight is 534 g/mol. The van der Waals surface area contributed by atoms with Crippen LogP contribution in [-0.4, -0.2) is 72.8 Å². The van der Waals surface area contributed by atoms with Crippen LogP contribution in [-0.2, 0) is 21.6 Å². The summed E-state index contributed by atoms with van der Waals surface area (Å²) in [4.78, 5) is 39.2. The summed E-state index contributed by atoms with van der Waals surface area (Å²) in [5.74, 6) is -3.62. The predicted octanol–water partition coefficient (Wildman–Crippen LogP) is 0.614. The molecule has 3 aliphatic rings. The molecule has 5 rings (SSSR count). The minimum absolute atomic E-state index is 0. The Kier molecular flexibility index (Phi) is 6.51. The molecule has 0 radical (unpaired) electrons. The van der Waals surface area contributed by atoms with Gasteiger partial charge in [0, 0.05) is 41.1 Å². The average Bonchev–Trinajstić information content (AvgIpc) is 2.82. The normalized spacial score (nSPS) is 32.6. The van der Waals surface area contributed by atoms with Crippen LogP contribution in [0.15, 0.2) is 24.3 Å². The van der Waals surface area contributed by atoms with E-state index in [1.54, 1.807) is 12.1 Å². The van der Waals surface area contributed by atoms with Crippen LogP contribution in [0.25, 0.3) is 0 Å². The first-order valence-electron chi connectivity index (χ1n) is 11.7. The number of phenolic OH excluding ortho intramolecular Hbond substituents is 2. The van der Waals surface area contributed by atoms with Gasteiger partial charge in [-0.05, 0) is 20.3 Å². The van der Waals surface area contributed by atoms with Gasteiger partial charge in [0.2, 0.25) is 0 Å². The van der Waals surface area contributed by atoms with Crippen LogP contribution in [0.3, 0.4) is 0 Å². The molecule has 37 heavy (non-hydrogen) atoms. The number of halogens is 1. The minimum Gasteiger partial charge on any atom is -0.507 e. The molecule has 10 nitrogen and oxygen atoms in total. The number of hydrogen-bond acceptors (Lipinski definition) is 10. The molecular formula is C26H28ClNO9. The first kappa shape index (κ1) is 27.2. The summed E-state index contributed by atoms with van der Waals surface area (Å²) in [5, 5.41) is 56.3. The Bertz CT molecular complexity index is 1330. The topological polar surface area (TPSA) is 188 Å². The zero-order valence-corrected chi connectivity index (χ0v) is 20.9. The molecule has 11 heteroatoms. The molecular weight excluding hydrogens is 506 g/mol. The highest BCUT2D eigenvalue weighted by molar-refractivity contribution is 6.30. The molecule has 1 aliphatic heterocycles. The highest BCUT2D eigenvalue weighted by Gasteiger charge is 2.58. The van der Waals surface area contributed by atoms with Crippen molar-refractivity contribution in [2.75, 3.05) is 0 Å².